The van der Waals surface area contributed by atoms with Crippen LogP contribution >= 0.6 is 27.3 Å². The number of fused-ring (bicyclic) bond motifs is 1. The van der Waals surface area contributed by atoms with E-state index in [4.69, 9.17) is 4.74 Å². The van der Waals surface area contributed by atoms with Crippen LogP contribution in [0.15, 0.2) is 34.1 Å². The van der Waals surface area contributed by atoms with Crippen molar-refractivity contribution in [1.82, 2.24) is 5.32 Å². The van der Waals surface area contributed by atoms with Crippen LogP contribution in [0, 0.1) is 0 Å². The summed E-state index contributed by atoms with van der Waals surface area (Å²) < 4.78 is 6.80. The molecule has 1 unspecified atom stereocenters. The summed E-state index contributed by atoms with van der Waals surface area (Å²) in [6.45, 7) is 4.00. The lowest BCUT2D eigenvalue weighted by molar-refractivity contribution is 0.357. The van der Waals surface area contributed by atoms with Gasteiger partial charge in [0.15, 0.2) is 0 Å². The van der Waals surface area contributed by atoms with Crippen LogP contribution in [0.1, 0.15) is 35.4 Å². The van der Waals surface area contributed by atoms with Crippen LogP contribution in [0.5, 0.6) is 5.75 Å². The maximum atomic E-state index is 5.58. The number of aryl methyl sites for hydroxylation is 1. The quantitative estimate of drug-likeness (QED) is 0.798. The highest BCUT2D eigenvalue weighted by Crippen LogP contribution is 2.32. The predicted molar refractivity (Wildman–Crippen MR) is 92.4 cm³/mol. The van der Waals surface area contributed by atoms with Crippen LogP contribution in [0.2, 0.25) is 0 Å². The molecule has 1 aromatic carbocycles. The molecule has 0 fully saturated rings. The first-order valence-electron chi connectivity index (χ1n) is 7.49. The topological polar surface area (TPSA) is 21.3 Å². The first-order chi connectivity index (χ1) is 10.3. The summed E-state index contributed by atoms with van der Waals surface area (Å²) in [7, 11) is 0. The van der Waals surface area contributed by atoms with Crippen LogP contribution in [0.25, 0.3) is 0 Å². The largest absolute Gasteiger partial charge is 0.493 e. The maximum absolute atomic E-state index is 5.58. The van der Waals surface area contributed by atoms with Gasteiger partial charge < -0.3 is 10.1 Å². The van der Waals surface area contributed by atoms with Gasteiger partial charge in [-0.2, -0.15) is 0 Å². The molecule has 1 N–H and O–H groups in total. The molecule has 112 valence electrons. The van der Waals surface area contributed by atoms with Crippen molar-refractivity contribution in [1.29, 1.82) is 0 Å². The van der Waals surface area contributed by atoms with Crippen molar-refractivity contribution in [3.8, 4) is 5.75 Å². The zero-order chi connectivity index (χ0) is 14.7. The summed E-state index contributed by atoms with van der Waals surface area (Å²) in [5.74, 6) is 1.07. The second-order valence-electron chi connectivity index (χ2n) is 5.32. The lowest BCUT2D eigenvalue weighted by Crippen LogP contribution is -2.20. The Bertz CT molecular complexity index is 611. The van der Waals surface area contributed by atoms with E-state index < -0.39 is 0 Å². The molecular weight excluding hydrogens is 346 g/mol. The number of hydrogen-bond donors (Lipinski definition) is 1. The third-order valence-electron chi connectivity index (χ3n) is 3.89. The summed E-state index contributed by atoms with van der Waals surface area (Å²) in [5.41, 5.74) is 2.78. The summed E-state index contributed by atoms with van der Waals surface area (Å²) in [6, 6.07) is 9.21. The van der Waals surface area contributed by atoms with Gasteiger partial charge in [-0.1, -0.05) is 19.1 Å². The fourth-order valence-electron chi connectivity index (χ4n) is 2.83. The molecule has 4 heteroatoms. The highest BCUT2D eigenvalue weighted by Gasteiger charge is 2.16. The molecule has 2 nitrogen and oxygen atoms in total. The fourth-order valence-corrected chi connectivity index (χ4v) is 4.59. The van der Waals surface area contributed by atoms with Gasteiger partial charge in [0.25, 0.3) is 0 Å². The molecule has 3 rings (SSSR count). The van der Waals surface area contributed by atoms with Gasteiger partial charge in [0.2, 0.25) is 0 Å². The number of ether oxygens (including phenoxy) is 1. The normalized spacial score (nSPS) is 14.8. The summed E-state index contributed by atoms with van der Waals surface area (Å²) >= 11 is 5.48. The van der Waals surface area contributed by atoms with Gasteiger partial charge in [0.1, 0.15) is 5.75 Å². The molecule has 0 amide bonds. The molecule has 2 aromatic rings. The first-order valence-corrected chi connectivity index (χ1v) is 9.16. The Balaban J connectivity index is 1.68. The molecule has 0 bridgehead atoms. The molecule has 0 spiro atoms. The minimum absolute atomic E-state index is 0.425. The summed E-state index contributed by atoms with van der Waals surface area (Å²) in [6.07, 6.45) is 3.26. The Hall–Kier alpha value is -0.840. The number of rotatable bonds is 6. The van der Waals surface area contributed by atoms with Gasteiger partial charge in [0.05, 0.1) is 6.61 Å². The minimum atomic E-state index is 0.425. The van der Waals surface area contributed by atoms with E-state index in [0.29, 0.717) is 6.04 Å². The molecule has 1 aromatic heterocycles. The van der Waals surface area contributed by atoms with Crippen molar-refractivity contribution < 1.29 is 4.74 Å². The van der Waals surface area contributed by atoms with E-state index in [-0.39, 0.29) is 0 Å². The molecule has 1 aliphatic heterocycles. The van der Waals surface area contributed by atoms with Gasteiger partial charge in [0, 0.05) is 21.8 Å². The van der Waals surface area contributed by atoms with Crippen molar-refractivity contribution >= 4 is 27.3 Å². The zero-order valence-electron chi connectivity index (χ0n) is 12.2. The highest BCUT2D eigenvalue weighted by molar-refractivity contribution is 9.10. The SMILES string of the molecule is CCNC(CCc1ccc2c(c1)CCO2)c1sccc1Br. The van der Waals surface area contributed by atoms with E-state index in [0.717, 1.165) is 38.2 Å². The Morgan fingerprint density at radius 1 is 1.38 bits per heavy atom. The number of halogens is 1. The van der Waals surface area contributed by atoms with Gasteiger partial charge in [-0.25, -0.2) is 0 Å². The molecule has 0 saturated carbocycles. The van der Waals surface area contributed by atoms with E-state index in [9.17, 15) is 0 Å². The molecular formula is C17H20BrNOS. The molecule has 0 radical (unpaired) electrons. The van der Waals surface area contributed by atoms with E-state index in [1.54, 1.807) is 0 Å². The number of nitrogens with one attached hydrogen (secondary N) is 1. The third kappa shape index (κ3) is 3.50. The summed E-state index contributed by atoms with van der Waals surface area (Å²) in [5, 5.41) is 5.75. The van der Waals surface area contributed by atoms with Crippen LogP contribution in [-0.2, 0) is 12.8 Å². The van der Waals surface area contributed by atoms with E-state index in [2.05, 4.69) is 57.8 Å². The fraction of sp³-hybridized carbons (Fsp3) is 0.412. The predicted octanol–water partition coefficient (Wildman–Crippen LogP) is 4.73. The highest BCUT2D eigenvalue weighted by atomic mass is 79.9. The van der Waals surface area contributed by atoms with Crippen LogP contribution in [-0.4, -0.2) is 13.2 Å². The molecule has 1 atom stereocenters. The van der Waals surface area contributed by atoms with E-state index in [1.807, 2.05) is 11.3 Å². The van der Waals surface area contributed by atoms with Gasteiger partial charge in [-0.15, -0.1) is 11.3 Å². The first kappa shape index (κ1) is 15.1. The lowest BCUT2D eigenvalue weighted by Gasteiger charge is -2.17. The number of thiophene rings is 1. The molecule has 21 heavy (non-hydrogen) atoms. The average Bonchev–Trinajstić information content (AvgIpc) is 3.11. The van der Waals surface area contributed by atoms with Gasteiger partial charge in [-0.3, -0.25) is 0 Å². The van der Waals surface area contributed by atoms with Crippen molar-refractivity contribution in [3.05, 3.63) is 50.1 Å². The molecule has 0 saturated heterocycles. The number of benzene rings is 1. The Kier molecular flexibility index (Phi) is 4.99. The maximum Gasteiger partial charge on any atom is 0.122 e. The molecule has 0 aliphatic carbocycles. The van der Waals surface area contributed by atoms with Crippen molar-refractivity contribution in [2.45, 2.75) is 32.2 Å². The van der Waals surface area contributed by atoms with Crippen molar-refractivity contribution in [2.24, 2.45) is 0 Å². The zero-order valence-corrected chi connectivity index (χ0v) is 14.6. The Morgan fingerprint density at radius 2 is 2.29 bits per heavy atom. The smallest absolute Gasteiger partial charge is 0.122 e. The minimum Gasteiger partial charge on any atom is -0.493 e. The standard InChI is InChI=1S/C17H20BrNOS/c1-2-19-15(17-14(18)8-10-21-17)5-3-12-4-6-16-13(11-12)7-9-20-16/h4,6,8,10-11,15,19H,2-3,5,7,9H2,1H3. The Morgan fingerprint density at radius 3 is 3.05 bits per heavy atom. The number of hydrogen-bond acceptors (Lipinski definition) is 3. The van der Waals surface area contributed by atoms with E-state index in [1.165, 1.54) is 20.5 Å². The second kappa shape index (κ2) is 6.95. The summed E-state index contributed by atoms with van der Waals surface area (Å²) in [4.78, 5) is 1.40. The van der Waals surface area contributed by atoms with E-state index >= 15 is 0 Å². The van der Waals surface area contributed by atoms with Crippen molar-refractivity contribution in [2.75, 3.05) is 13.2 Å². The average molecular weight is 366 g/mol. The van der Waals surface area contributed by atoms with Crippen LogP contribution < -0.4 is 10.1 Å². The lowest BCUT2D eigenvalue weighted by atomic mass is 10.0. The second-order valence-corrected chi connectivity index (χ2v) is 7.12. The molecule has 1 aliphatic rings. The van der Waals surface area contributed by atoms with Crippen LogP contribution in [0.4, 0.5) is 0 Å². The monoisotopic (exact) mass is 365 g/mol. The van der Waals surface area contributed by atoms with Gasteiger partial charge >= 0.3 is 0 Å². The molecule has 2 heterocycles. The Labute approximate surface area is 138 Å². The third-order valence-corrected chi connectivity index (χ3v) is 5.87. The van der Waals surface area contributed by atoms with Gasteiger partial charge in [-0.05, 0) is 64.0 Å². The van der Waals surface area contributed by atoms with Crippen LogP contribution in [0.3, 0.4) is 0 Å². The van der Waals surface area contributed by atoms with Crippen molar-refractivity contribution in [3.63, 3.8) is 0 Å².